The number of hydrogen-bond donors (Lipinski definition) is 0. The van der Waals surface area contributed by atoms with Crippen molar-refractivity contribution in [3.05, 3.63) is 20.8 Å². The van der Waals surface area contributed by atoms with E-state index in [1.54, 1.807) is 0 Å². The summed E-state index contributed by atoms with van der Waals surface area (Å²) in [7, 11) is 0. The van der Waals surface area contributed by atoms with Crippen molar-refractivity contribution in [1.29, 1.82) is 0 Å². The van der Waals surface area contributed by atoms with Crippen molar-refractivity contribution in [2.45, 2.75) is 26.0 Å². The van der Waals surface area contributed by atoms with E-state index in [0.717, 1.165) is 15.9 Å². The van der Waals surface area contributed by atoms with Crippen LogP contribution in [0.25, 0.3) is 0 Å². The molecule has 0 aliphatic carbocycles. The minimum absolute atomic E-state index is 0.0947. The first kappa shape index (κ1) is 13.2. The summed E-state index contributed by atoms with van der Waals surface area (Å²) in [6.45, 7) is 6.54. The second-order valence-electron chi connectivity index (χ2n) is 4.41. The fraction of sp³-hybridized carbons (Fsp3) is 0.583. The van der Waals surface area contributed by atoms with Gasteiger partial charge in [0.25, 0.3) is 0 Å². The van der Waals surface area contributed by atoms with Crippen LogP contribution < -0.4 is 0 Å². The highest BCUT2D eigenvalue weighted by molar-refractivity contribution is 9.10. The van der Waals surface area contributed by atoms with Crippen LogP contribution in [0.2, 0.25) is 0 Å². The fourth-order valence-electron chi connectivity index (χ4n) is 1.91. The van der Waals surface area contributed by atoms with E-state index in [9.17, 15) is 4.79 Å². The van der Waals surface area contributed by atoms with Crippen LogP contribution in [-0.2, 0) is 4.74 Å². The number of carbonyl (C=O) groups is 1. The number of thiophene rings is 1. The zero-order chi connectivity index (χ0) is 12.4. The molecule has 3 nitrogen and oxygen atoms in total. The molecule has 0 saturated carbocycles. The Bertz CT molecular complexity index is 405. The fourth-order valence-corrected chi connectivity index (χ4v) is 3.46. The Labute approximate surface area is 114 Å². The quantitative estimate of drug-likeness (QED) is 0.803. The van der Waals surface area contributed by atoms with Gasteiger partial charge in [0.1, 0.15) is 6.10 Å². The number of Topliss-reactive ketones (excluding diaryl/α,β-unsaturated/α-hetero) is 1. The Morgan fingerprint density at radius 2 is 2.41 bits per heavy atom. The number of halogens is 1. The normalized spacial score (nSPS) is 22.0. The number of ether oxygens (including phenoxy) is 1. The van der Waals surface area contributed by atoms with Gasteiger partial charge in [0.2, 0.25) is 5.78 Å². The maximum Gasteiger partial charge on any atom is 0.203 e. The summed E-state index contributed by atoms with van der Waals surface area (Å²) in [6.07, 6.45) is -0.318. The molecule has 1 atom stereocenters. The molecule has 2 rings (SSSR count). The second kappa shape index (κ2) is 5.61. The smallest absolute Gasteiger partial charge is 0.203 e. The predicted octanol–water partition coefficient (Wildman–Crippen LogP) is 2.80. The first-order valence-corrected chi connectivity index (χ1v) is 7.39. The van der Waals surface area contributed by atoms with Gasteiger partial charge >= 0.3 is 0 Å². The van der Waals surface area contributed by atoms with Gasteiger partial charge in [-0.25, -0.2) is 0 Å². The first-order valence-electron chi connectivity index (χ1n) is 5.72. The summed E-state index contributed by atoms with van der Waals surface area (Å²) in [5, 5.41) is 1.92. The summed E-state index contributed by atoms with van der Waals surface area (Å²) in [4.78, 5) is 15.3. The molecule has 0 radical (unpaired) electrons. The van der Waals surface area contributed by atoms with Crippen molar-refractivity contribution >= 4 is 33.0 Å². The van der Waals surface area contributed by atoms with Gasteiger partial charge < -0.3 is 4.74 Å². The Balaban J connectivity index is 2.07. The number of nitrogens with zero attached hydrogens (tertiary/aromatic N) is 1. The summed E-state index contributed by atoms with van der Waals surface area (Å²) >= 11 is 4.86. The van der Waals surface area contributed by atoms with Crippen LogP contribution >= 0.6 is 27.3 Å². The summed E-state index contributed by atoms with van der Waals surface area (Å²) in [6, 6.07) is 2.36. The highest BCUT2D eigenvalue weighted by atomic mass is 79.9. The van der Waals surface area contributed by atoms with E-state index < -0.39 is 0 Å². The van der Waals surface area contributed by atoms with Crippen LogP contribution in [0.4, 0.5) is 0 Å². The topological polar surface area (TPSA) is 29.5 Å². The number of ketones is 1. The molecule has 0 amide bonds. The average molecular weight is 318 g/mol. The molecule has 2 heterocycles. The lowest BCUT2D eigenvalue weighted by atomic mass is 10.1. The Morgan fingerprint density at radius 1 is 1.65 bits per heavy atom. The van der Waals surface area contributed by atoms with Gasteiger partial charge in [0.05, 0.1) is 11.5 Å². The molecule has 1 unspecified atom stereocenters. The van der Waals surface area contributed by atoms with Crippen molar-refractivity contribution in [3.63, 3.8) is 0 Å². The monoisotopic (exact) mass is 317 g/mol. The van der Waals surface area contributed by atoms with Gasteiger partial charge in [-0.3, -0.25) is 9.69 Å². The molecule has 1 aliphatic rings. The van der Waals surface area contributed by atoms with Crippen LogP contribution in [0.5, 0.6) is 0 Å². The predicted molar refractivity (Wildman–Crippen MR) is 72.8 cm³/mol. The van der Waals surface area contributed by atoms with Crippen LogP contribution in [0.3, 0.4) is 0 Å². The van der Waals surface area contributed by atoms with E-state index in [1.807, 2.05) is 11.4 Å². The summed E-state index contributed by atoms with van der Waals surface area (Å²) in [5.74, 6) is 0.0947. The van der Waals surface area contributed by atoms with Crippen molar-refractivity contribution in [2.24, 2.45) is 0 Å². The van der Waals surface area contributed by atoms with Gasteiger partial charge in [-0.2, -0.15) is 0 Å². The molecule has 1 aromatic heterocycles. The number of rotatable bonds is 3. The Hall–Kier alpha value is -0.230. The van der Waals surface area contributed by atoms with E-state index in [2.05, 4.69) is 34.7 Å². The molecule has 1 saturated heterocycles. The lowest BCUT2D eigenvalue weighted by Gasteiger charge is -2.34. The third-order valence-corrected chi connectivity index (χ3v) is 4.81. The zero-order valence-electron chi connectivity index (χ0n) is 9.98. The van der Waals surface area contributed by atoms with Crippen molar-refractivity contribution in [2.75, 3.05) is 19.7 Å². The van der Waals surface area contributed by atoms with Gasteiger partial charge in [-0.05, 0) is 41.2 Å². The Morgan fingerprint density at radius 3 is 3.00 bits per heavy atom. The molecular weight excluding hydrogens is 302 g/mol. The third kappa shape index (κ3) is 2.96. The molecule has 0 N–H and O–H groups in total. The maximum absolute atomic E-state index is 12.3. The molecular formula is C12H16BrNO2S. The van der Waals surface area contributed by atoms with Gasteiger partial charge in [-0.1, -0.05) is 0 Å². The molecule has 0 aromatic carbocycles. The minimum atomic E-state index is -0.318. The summed E-state index contributed by atoms with van der Waals surface area (Å²) < 4.78 is 6.47. The van der Waals surface area contributed by atoms with Crippen LogP contribution in [-0.4, -0.2) is 42.5 Å². The lowest BCUT2D eigenvalue weighted by molar-refractivity contribution is -0.0254. The third-order valence-electron chi connectivity index (χ3n) is 2.96. The van der Waals surface area contributed by atoms with Crippen LogP contribution in [0.15, 0.2) is 15.9 Å². The molecule has 0 spiro atoms. The van der Waals surface area contributed by atoms with E-state index in [1.165, 1.54) is 11.3 Å². The number of carbonyl (C=O) groups excluding carboxylic acids is 1. The molecule has 0 bridgehead atoms. The number of hydrogen-bond acceptors (Lipinski definition) is 4. The lowest BCUT2D eigenvalue weighted by Crippen LogP contribution is -2.48. The molecule has 17 heavy (non-hydrogen) atoms. The van der Waals surface area contributed by atoms with Crippen molar-refractivity contribution in [1.82, 2.24) is 4.90 Å². The highest BCUT2D eigenvalue weighted by Crippen LogP contribution is 2.25. The molecule has 1 fully saturated rings. The maximum atomic E-state index is 12.3. The highest BCUT2D eigenvalue weighted by Gasteiger charge is 2.30. The molecule has 94 valence electrons. The van der Waals surface area contributed by atoms with Gasteiger partial charge in [0, 0.05) is 23.6 Å². The van der Waals surface area contributed by atoms with Crippen molar-refractivity contribution < 1.29 is 9.53 Å². The SMILES string of the molecule is CC(C)N1CCOC(C(=O)c2sccc2Br)C1. The van der Waals surface area contributed by atoms with Gasteiger partial charge in [-0.15, -0.1) is 11.3 Å². The summed E-state index contributed by atoms with van der Waals surface area (Å²) in [5.41, 5.74) is 0. The van der Waals surface area contributed by atoms with Crippen LogP contribution in [0, 0.1) is 0 Å². The van der Waals surface area contributed by atoms with Crippen LogP contribution in [0.1, 0.15) is 23.5 Å². The van der Waals surface area contributed by atoms with E-state index in [4.69, 9.17) is 4.74 Å². The van der Waals surface area contributed by atoms with E-state index in [-0.39, 0.29) is 11.9 Å². The largest absolute Gasteiger partial charge is 0.367 e. The molecule has 1 aromatic rings. The Kier molecular flexibility index (Phi) is 4.36. The standard InChI is InChI=1S/C12H16BrNO2S/c1-8(2)14-4-5-16-10(7-14)11(15)12-9(13)3-6-17-12/h3,6,8,10H,4-5,7H2,1-2H3. The number of morpholine rings is 1. The first-order chi connectivity index (χ1) is 8.09. The van der Waals surface area contributed by atoms with Crippen molar-refractivity contribution in [3.8, 4) is 0 Å². The van der Waals surface area contributed by atoms with E-state index >= 15 is 0 Å². The second-order valence-corrected chi connectivity index (χ2v) is 6.18. The van der Waals surface area contributed by atoms with E-state index in [0.29, 0.717) is 19.2 Å². The molecule has 5 heteroatoms. The molecule has 1 aliphatic heterocycles. The average Bonchev–Trinajstić information content (AvgIpc) is 2.74. The van der Waals surface area contributed by atoms with Gasteiger partial charge in [0.15, 0.2) is 0 Å². The minimum Gasteiger partial charge on any atom is -0.367 e. The zero-order valence-corrected chi connectivity index (χ0v) is 12.4.